The lowest BCUT2D eigenvalue weighted by atomic mass is 9.78. The van der Waals surface area contributed by atoms with E-state index in [0.717, 1.165) is 19.2 Å². The summed E-state index contributed by atoms with van der Waals surface area (Å²) in [6, 6.07) is 7.04. The molecule has 2 heterocycles. The largest absolute Gasteiger partial charge is 0.466 e. The summed E-state index contributed by atoms with van der Waals surface area (Å²) in [6.45, 7) is 2.61. The molecule has 3 rings (SSSR count). The third-order valence-corrected chi connectivity index (χ3v) is 5.33. The molecule has 1 aliphatic rings. The Morgan fingerprint density at radius 2 is 1.77 bits per heavy atom. The molecular formula is C23H20F3N3O6. The fourth-order valence-electron chi connectivity index (χ4n) is 3.81. The first-order valence-electron chi connectivity index (χ1n) is 10.1. The van der Waals surface area contributed by atoms with Gasteiger partial charge in [0, 0.05) is 29.7 Å². The molecule has 1 atom stereocenters. The van der Waals surface area contributed by atoms with Gasteiger partial charge >= 0.3 is 18.1 Å². The van der Waals surface area contributed by atoms with Gasteiger partial charge in [-0.15, -0.1) is 0 Å². The van der Waals surface area contributed by atoms with Gasteiger partial charge in [0.2, 0.25) is 0 Å². The highest BCUT2D eigenvalue weighted by molar-refractivity contribution is 6.00. The number of methoxy groups -OCH3 is 1. The average Bonchev–Trinajstić information content (AvgIpc) is 2.81. The van der Waals surface area contributed by atoms with Gasteiger partial charge in [-0.3, -0.25) is 15.1 Å². The highest BCUT2D eigenvalue weighted by Gasteiger charge is 2.44. The number of carbonyl (C=O) groups excluding carboxylic acids is 2. The minimum Gasteiger partial charge on any atom is -0.466 e. The van der Waals surface area contributed by atoms with Crippen LogP contribution in [0.4, 0.5) is 18.9 Å². The molecule has 12 heteroatoms. The fourth-order valence-corrected chi connectivity index (χ4v) is 3.81. The number of hydrogen-bond acceptors (Lipinski definition) is 8. The van der Waals surface area contributed by atoms with Crippen molar-refractivity contribution in [1.82, 2.24) is 10.3 Å². The number of carbonyl (C=O) groups is 2. The summed E-state index contributed by atoms with van der Waals surface area (Å²) < 4.78 is 52.2. The van der Waals surface area contributed by atoms with Crippen molar-refractivity contribution in [2.24, 2.45) is 0 Å². The minimum absolute atomic E-state index is 0.151. The molecule has 35 heavy (non-hydrogen) atoms. The molecule has 9 nitrogen and oxygen atoms in total. The van der Waals surface area contributed by atoms with Gasteiger partial charge in [-0.2, -0.15) is 13.2 Å². The van der Waals surface area contributed by atoms with Gasteiger partial charge in [0.15, 0.2) is 0 Å². The van der Waals surface area contributed by atoms with Gasteiger partial charge in [-0.1, -0.05) is 12.1 Å². The van der Waals surface area contributed by atoms with Crippen molar-refractivity contribution in [3.8, 4) is 0 Å². The van der Waals surface area contributed by atoms with Crippen molar-refractivity contribution < 1.29 is 37.2 Å². The van der Waals surface area contributed by atoms with E-state index in [4.69, 9.17) is 9.47 Å². The van der Waals surface area contributed by atoms with Crippen molar-refractivity contribution in [2.75, 3.05) is 7.11 Å². The van der Waals surface area contributed by atoms with Crippen LogP contribution in [-0.4, -0.2) is 29.0 Å². The topological polar surface area (TPSA) is 121 Å². The second kappa shape index (κ2) is 9.95. The molecule has 1 unspecified atom stereocenters. The maximum atomic E-state index is 14.0. The number of rotatable bonds is 6. The van der Waals surface area contributed by atoms with Crippen molar-refractivity contribution >= 4 is 17.6 Å². The van der Waals surface area contributed by atoms with E-state index in [1.165, 1.54) is 20.0 Å². The number of alkyl halides is 3. The van der Waals surface area contributed by atoms with Crippen LogP contribution in [0.15, 0.2) is 65.1 Å². The number of non-ortho nitro benzene ring substituents is 1. The predicted molar refractivity (Wildman–Crippen MR) is 115 cm³/mol. The van der Waals surface area contributed by atoms with Crippen LogP contribution in [-0.2, 0) is 31.8 Å². The van der Waals surface area contributed by atoms with Gasteiger partial charge < -0.3 is 14.8 Å². The Kier molecular flexibility index (Phi) is 7.22. The zero-order chi connectivity index (χ0) is 25.9. The summed E-state index contributed by atoms with van der Waals surface area (Å²) in [5.74, 6) is -3.54. The quantitative estimate of drug-likeness (QED) is 0.363. The van der Waals surface area contributed by atoms with Crippen LogP contribution < -0.4 is 5.32 Å². The number of nitro benzene ring substituents is 1. The Balaban J connectivity index is 2.19. The molecule has 2 aromatic rings. The zero-order valence-electron chi connectivity index (χ0n) is 18.8. The van der Waals surface area contributed by atoms with Crippen LogP contribution in [0.2, 0.25) is 0 Å². The molecule has 184 valence electrons. The van der Waals surface area contributed by atoms with Gasteiger partial charge in [-0.05, 0) is 31.5 Å². The van der Waals surface area contributed by atoms with Crippen LogP contribution >= 0.6 is 0 Å². The maximum Gasteiger partial charge on any atom is 0.416 e. The Bertz CT molecular complexity index is 1240. The van der Waals surface area contributed by atoms with Crippen molar-refractivity contribution in [2.45, 2.75) is 32.5 Å². The van der Waals surface area contributed by atoms with E-state index in [0.29, 0.717) is 11.8 Å². The first kappa shape index (κ1) is 25.4. The van der Waals surface area contributed by atoms with E-state index in [9.17, 15) is 32.9 Å². The number of ether oxygens (including phenoxy) is 2. The summed E-state index contributed by atoms with van der Waals surface area (Å²) in [5, 5.41) is 14.0. The molecule has 0 amide bonds. The molecule has 1 aromatic carbocycles. The number of nitrogens with one attached hydrogen (secondary N) is 1. The van der Waals surface area contributed by atoms with Crippen LogP contribution in [0.25, 0.3) is 0 Å². The van der Waals surface area contributed by atoms with Crippen LogP contribution in [0, 0.1) is 10.1 Å². The van der Waals surface area contributed by atoms with Crippen molar-refractivity contribution in [1.29, 1.82) is 0 Å². The highest BCUT2D eigenvalue weighted by Crippen LogP contribution is 2.45. The molecular weight excluding hydrogens is 471 g/mol. The molecule has 1 aromatic heterocycles. The van der Waals surface area contributed by atoms with E-state index >= 15 is 0 Å². The second-order valence-electron chi connectivity index (χ2n) is 7.55. The summed E-state index contributed by atoms with van der Waals surface area (Å²) in [6.07, 6.45) is -3.55. The lowest BCUT2D eigenvalue weighted by Crippen LogP contribution is -2.33. The van der Waals surface area contributed by atoms with E-state index in [1.807, 2.05) is 0 Å². The van der Waals surface area contributed by atoms with Crippen molar-refractivity contribution in [3.63, 3.8) is 0 Å². The first-order chi connectivity index (χ1) is 16.5. The molecule has 1 aliphatic heterocycles. The van der Waals surface area contributed by atoms with Crippen LogP contribution in [0.1, 0.15) is 36.6 Å². The normalized spacial score (nSPS) is 16.0. The third-order valence-electron chi connectivity index (χ3n) is 5.33. The number of dihydropyridines is 1. The molecule has 1 N–H and O–H groups in total. The summed E-state index contributed by atoms with van der Waals surface area (Å²) in [4.78, 5) is 40.0. The Morgan fingerprint density at radius 1 is 1.11 bits per heavy atom. The smallest absolute Gasteiger partial charge is 0.416 e. The number of hydrogen-bond donors (Lipinski definition) is 1. The molecule has 0 fully saturated rings. The number of esters is 2. The summed E-state index contributed by atoms with van der Waals surface area (Å²) in [5.41, 5.74) is -2.52. The molecule has 0 spiro atoms. The molecule has 0 aliphatic carbocycles. The number of benzene rings is 1. The van der Waals surface area contributed by atoms with Gasteiger partial charge in [0.05, 0.1) is 40.4 Å². The number of halogens is 3. The second-order valence-corrected chi connectivity index (χ2v) is 7.55. The zero-order valence-corrected chi connectivity index (χ0v) is 18.8. The number of allylic oxidation sites excluding steroid dienone is 2. The minimum atomic E-state index is -5.03. The standard InChI is InChI=1S/C23H20F3N3O6/c1-12-18(21(30)34-3)20(16-8-7-15(29(32)33)10-17(16)23(24,25)26)19(13(2)28-12)22(31)35-11-14-6-4-5-9-27-14/h4-10,20,28H,11H2,1-3H3. The van der Waals surface area contributed by atoms with E-state index < -0.39 is 45.8 Å². The maximum absolute atomic E-state index is 14.0. The monoisotopic (exact) mass is 491 g/mol. The average molecular weight is 491 g/mol. The molecule has 0 saturated carbocycles. The van der Waals surface area contributed by atoms with E-state index in [1.54, 1.807) is 18.2 Å². The molecule has 0 bridgehead atoms. The number of aromatic nitrogens is 1. The number of nitrogens with zero attached hydrogens (tertiary/aromatic N) is 2. The number of pyridine rings is 1. The van der Waals surface area contributed by atoms with E-state index in [-0.39, 0.29) is 29.1 Å². The lowest BCUT2D eigenvalue weighted by molar-refractivity contribution is -0.385. The highest BCUT2D eigenvalue weighted by atomic mass is 19.4. The van der Waals surface area contributed by atoms with Crippen LogP contribution in [0.3, 0.4) is 0 Å². The predicted octanol–water partition coefficient (Wildman–Crippen LogP) is 4.16. The van der Waals surface area contributed by atoms with E-state index in [2.05, 4.69) is 10.3 Å². The Hall–Kier alpha value is -4.22. The first-order valence-corrected chi connectivity index (χ1v) is 10.1. The Labute approximate surface area is 197 Å². The number of nitro groups is 1. The summed E-state index contributed by atoms with van der Waals surface area (Å²) in [7, 11) is 1.05. The van der Waals surface area contributed by atoms with Gasteiger partial charge in [0.25, 0.3) is 5.69 Å². The third kappa shape index (κ3) is 5.31. The van der Waals surface area contributed by atoms with Crippen LogP contribution in [0.5, 0.6) is 0 Å². The summed E-state index contributed by atoms with van der Waals surface area (Å²) >= 11 is 0. The van der Waals surface area contributed by atoms with Gasteiger partial charge in [0.1, 0.15) is 6.61 Å². The molecule has 0 radical (unpaired) electrons. The SMILES string of the molecule is COC(=O)C1=C(C)NC(C)=C(C(=O)OCc2ccccn2)C1c1ccc([N+](=O)[O-])cc1C(F)(F)F. The Morgan fingerprint density at radius 3 is 2.31 bits per heavy atom. The lowest BCUT2D eigenvalue weighted by Gasteiger charge is -2.31. The molecule has 0 saturated heterocycles. The van der Waals surface area contributed by atoms with Gasteiger partial charge in [-0.25, -0.2) is 9.59 Å². The van der Waals surface area contributed by atoms with Crippen molar-refractivity contribution in [3.05, 3.63) is 92.1 Å². The fraction of sp³-hybridized carbons (Fsp3) is 0.261.